The van der Waals surface area contributed by atoms with E-state index < -0.39 is 21.9 Å². The summed E-state index contributed by atoms with van der Waals surface area (Å²) in [5.74, 6) is -0.357. The SMILES string of the molecule is CCOC(=O)COc1ccc(S(=O)(=O)c2ccc(CCNC[C@H](O)c3cccc(Cl)c3)cc2)cc1Cl.Cl. The molecule has 11 heteroatoms. The fourth-order valence-corrected chi connectivity index (χ4v) is 5.16. The van der Waals surface area contributed by atoms with E-state index in [2.05, 4.69) is 5.32 Å². The van der Waals surface area contributed by atoms with Gasteiger partial charge in [-0.1, -0.05) is 47.5 Å². The highest BCUT2D eigenvalue weighted by atomic mass is 35.5. The Morgan fingerprint density at radius 1 is 1.03 bits per heavy atom. The van der Waals surface area contributed by atoms with Gasteiger partial charge in [0, 0.05) is 11.6 Å². The summed E-state index contributed by atoms with van der Waals surface area (Å²) >= 11 is 12.1. The summed E-state index contributed by atoms with van der Waals surface area (Å²) in [6, 6.07) is 17.8. The third-order valence-corrected chi connectivity index (χ3v) is 7.56. The summed E-state index contributed by atoms with van der Waals surface area (Å²) in [4.78, 5) is 11.6. The Morgan fingerprint density at radius 3 is 2.38 bits per heavy atom. The summed E-state index contributed by atoms with van der Waals surface area (Å²) in [6.07, 6.45) is -0.0222. The number of aliphatic hydroxyl groups excluding tert-OH is 1. The van der Waals surface area contributed by atoms with Crippen LogP contribution in [0.4, 0.5) is 0 Å². The molecule has 0 aromatic heterocycles. The number of ether oxygens (including phenoxy) is 2. The van der Waals surface area contributed by atoms with E-state index in [-0.39, 0.29) is 46.2 Å². The van der Waals surface area contributed by atoms with Crippen molar-refractivity contribution in [2.75, 3.05) is 26.3 Å². The number of nitrogens with one attached hydrogen (secondary N) is 1. The van der Waals surface area contributed by atoms with Crippen molar-refractivity contribution in [3.63, 3.8) is 0 Å². The van der Waals surface area contributed by atoms with Crippen molar-refractivity contribution in [1.29, 1.82) is 0 Å². The number of carbonyl (C=O) groups is 1. The second-order valence-electron chi connectivity index (χ2n) is 7.86. The molecule has 7 nitrogen and oxygen atoms in total. The van der Waals surface area contributed by atoms with E-state index in [0.29, 0.717) is 24.5 Å². The van der Waals surface area contributed by atoms with Crippen LogP contribution in [0.1, 0.15) is 24.2 Å². The lowest BCUT2D eigenvalue weighted by atomic mass is 10.1. The highest BCUT2D eigenvalue weighted by Gasteiger charge is 2.19. The number of esters is 1. The summed E-state index contributed by atoms with van der Waals surface area (Å²) in [5.41, 5.74) is 1.68. The molecule has 3 aromatic rings. The first-order valence-electron chi connectivity index (χ1n) is 11.3. The molecular formula is C26H28Cl3NO6S. The molecule has 0 saturated heterocycles. The summed E-state index contributed by atoms with van der Waals surface area (Å²) in [7, 11) is -3.80. The maximum absolute atomic E-state index is 13.0. The molecule has 0 aliphatic rings. The van der Waals surface area contributed by atoms with Crippen LogP contribution in [0, 0.1) is 0 Å². The van der Waals surface area contributed by atoms with Crippen LogP contribution in [0.3, 0.4) is 0 Å². The molecule has 1 atom stereocenters. The zero-order valence-electron chi connectivity index (χ0n) is 20.0. The van der Waals surface area contributed by atoms with Gasteiger partial charge in [-0.3, -0.25) is 0 Å². The van der Waals surface area contributed by atoms with E-state index in [4.69, 9.17) is 32.7 Å². The Hall–Kier alpha value is -2.33. The van der Waals surface area contributed by atoms with E-state index in [0.717, 1.165) is 11.1 Å². The van der Waals surface area contributed by atoms with Crippen LogP contribution >= 0.6 is 35.6 Å². The van der Waals surface area contributed by atoms with Gasteiger partial charge in [0.1, 0.15) is 5.75 Å². The van der Waals surface area contributed by atoms with Gasteiger partial charge in [-0.15, -0.1) is 12.4 Å². The van der Waals surface area contributed by atoms with E-state index in [1.54, 1.807) is 49.4 Å². The number of hydrogen-bond acceptors (Lipinski definition) is 7. The Morgan fingerprint density at radius 2 is 1.73 bits per heavy atom. The van der Waals surface area contributed by atoms with Crippen molar-refractivity contribution in [2.45, 2.75) is 29.2 Å². The number of carbonyl (C=O) groups excluding carboxylic acids is 1. The molecule has 0 fully saturated rings. The zero-order valence-corrected chi connectivity index (χ0v) is 23.2. The number of aliphatic hydroxyl groups is 1. The van der Waals surface area contributed by atoms with Crippen molar-refractivity contribution in [1.82, 2.24) is 5.32 Å². The van der Waals surface area contributed by atoms with Crippen molar-refractivity contribution in [3.8, 4) is 5.75 Å². The number of rotatable bonds is 12. The predicted molar refractivity (Wildman–Crippen MR) is 146 cm³/mol. The van der Waals surface area contributed by atoms with Gasteiger partial charge in [-0.25, -0.2) is 13.2 Å². The van der Waals surface area contributed by atoms with E-state index in [1.807, 2.05) is 6.07 Å². The molecule has 0 saturated carbocycles. The molecule has 0 aliphatic carbocycles. The molecule has 0 unspecified atom stereocenters. The molecule has 200 valence electrons. The number of hydrogen-bond donors (Lipinski definition) is 2. The fraction of sp³-hybridized carbons (Fsp3) is 0.269. The highest BCUT2D eigenvalue weighted by Crippen LogP contribution is 2.30. The minimum absolute atomic E-state index is 0. The minimum Gasteiger partial charge on any atom is -0.480 e. The molecule has 2 N–H and O–H groups in total. The van der Waals surface area contributed by atoms with Crippen LogP contribution in [0.15, 0.2) is 76.5 Å². The first kappa shape index (κ1) is 30.9. The second-order valence-corrected chi connectivity index (χ2v) is 10.7. The Bertz CT molecular complexity index is 1290. The van der Waals surface area contributed by atoms with Gasteiger partial charge >= 0.3 is 5.97 Å². The van der Waals surface area contributed by atoms with Gasteiger partial charge in [0.05, 0.1) is 27.5 Å². The van der Waals surface area contributed by atoms with Gasteiger partial charge in [-0.05, 0) is 73.5 Å². The number of sulfone groups is 1. The molecule has 0 bridgehead atoms. The van der Waals surface area contributed by atoms with Gasteiger partial charge in [-0.2, -0.15) is 0 Å². The standard InChI is InChI=1S/C26H27Cl2NO6S.ClH/c1-2-34-26(31)17-35-25-11-10-22(15-23(25)28)36(32,33)21-8-6-18(7-9-21)12-13-29-16-24(30)19-4-3-5-20(27)14-19;/h3-11,14-15,24,29-30H,2,12-13,16-17H2,1H3;1H/t24-;/m0./s1. The van der Waals surface area contributed by atoms with Crippen LogP contribution < -0.4 is 10.1 Å². The van der Waals surface area contributed by atoms with Crippen molar-refractivity contribution >= 4 is 51.4 Å². The topological polar surface area (TPSA) is 102 Å². The van der Waals surface area contributed by atoms with Gasteiger partial charge < -0.3 is 19.9 Å². The molecule has 0 radical (unpaired) electrons. The molecule has 37 heavy (non-hydrogen) atoms. The van der Waals surface area contributed by atoms with Crippen LogP contribution in [0.2, 0.25) is 10.0 Å². The van der Waals surface area contributed by atoms with Crippen molar-refractivity contribution < 1.29 is 27.8 Å². The van der Waals surface area contributed by atoms with Crippen LogP contribution in [0.5, 0.6) is 5.75 Å². The molecule has 0 spiro atoms. The predicted octanol–water partition coefficient (Wildman–Crippen LogP) is 5.06. The molecule has 3 aromatic carbocycles. The molecule has 0 amide bonds. The highest BCUT2D eigenvalue weighted by molar-refractivity contribution is 7.91. The van der Waals surface area contributed by atoms with E-state index in [1.165, 1.54) is 18.2 Å². The molecule has 0 heterocycles. The molecular weight excluding hydrogens is 561 g/mol. The Labute approximate surface area is 233 Å². The normalized spacial score (nSPS) is 11.9. The second kappa shape index (κ2) is 14.6. The van der Waals surface area contributed by atoms with Gasteiger partial charge in [0.15, 0.2) is 6.61 Å². The number of benzene rings is 3. The first-order chi connectivity index (χ1) is 17.2. The zero-order chi connectivity index (χ0) is 26.1. The van der Waals surface area contributed by atoms with Crippen molar-refractivity contribution in [3.05, 3.63) is 87.9 Å². The van der Waals surface area contributed by atoms with Gasteiger partial charge in [0.25, 0.3) is 0 Å². The lowest BCUT2D eigenvalue weighted by molar-refractivity contribution is -0.145. The number of halogens is 3. The summed E-state index contributed by atoms with van der Waals surface area (Å²) in [6.45, 7) is 2.56. The van der Waals surface area contributed by atoms with Gasteiger partial charge in [0.2, 0.25) is 9.84 Å². The van der Waals surface area contributed by atoms with Crippen molar-refractivity contribution in [2.24, 2.45) is 0 Å². The smallest absolute Gasteiger partial charge is 0.344 e. The lowest BCUT2D eigenvalue weighted by Gasteiger charge is -2.13. The quantitative estimate of drug-likeness (QED) is 0.225. The Balaban J connectivity index is 0.00000481. The third-order valence-electron chi connectivity index (χ3n) is 5.26. The Kier molecular flexibility index (Phi) is 12.2. The average Bonchev–Trinajstić information content (AvgIpc) is 2.86. The summed E-state index contributed by atoms with van der Waals surface area (Å²) < 4.78 is 36.2. The maximum atomic E-state index is 13.0. The lowest BCUT2D eigenvalue weighted by Crippen LogP contribution is -2.23. The van der Waals surface area contributed by atoms with Crippen LogP contribution in [-0.4, -0.2) is 45.8 Å². The van der Waals surface area contributed by atoms with Crippen LogP contribution in [-0.2, 0) is 25.8 Å². The largest absolute Gasteiger partial charge is 0.480 e. The molecule has 0 aliphatic heterocycles. The average molecular weight is 589 g/mol. The maximum Gasteiger partial charge on any atom is 0.344 e. The monoisotopic (exact) mass is 587 g/mol. The minimum atomic E-state index is -3.80. The van der Waals surface area contributed by atoms with Crippen LogP contribution in [0.25, 0.3) is 0 Å². The fourth-order valence-electron chi connectivity index (χ4n) is 3.38. The first-order valence-corrected chi connectivity index (χ1v) is 13.5. The van der Waals surface area contributed by atoms with E-state index in [9.17, 15) is 18.3 Å². The van der Waals surface area contributed by atoms with E-state index >= 15 is 0 Å². The molecule has 3 rings (SSSR count). The third kappa shape index (κ3) is 8.88. The summed E-state index contributed by atoms with van der Waals surface area (Å²) in [5, 5.41) is 14.1.